The molecule has 0 radical (unpaired) electrons. The van der Waals surface area contributed by atoms with Crippen molar-refractivity contribution in [3.8, 4) is 0 Å². The zero-order chi connectivity index (χ0) is 15.9. The van der Waals surface area contributed by atoms with Crippen LogP contribution in [0, 0.1) is 24.0 Å². The lowest BCUT2D eigenvalue weighted by Crippen LogP contribution is -2.31. The quantitative estimate of drug-likeness (QED) is 0.539. The molecule has 1 aromatic heterocycles. The van der Waals surface area contributed by atoms with Gasteiger partial charge in [0.25, 0.3) is 11.3 Å². The van der Waals surface area contributed by atoms with Crippen LogP contribution in [0.1, 0.15) is 27.3 Å². The number of aryl methyl sites for hydroxylation is 1. The van der Waals surface area contributed by atoms with Crippen LogP contribution in [-0.4, -0.2) is 10.5 Å². The average molecular weight is 294 g/mol. The van der Waals surface area contributed by atoms with Crippen molar-refractivity contribution in [1.29, 1.82) is 0 Å². The van der Waals surface area contributed by atoms with Gasteiger partial charge in [0.1, 0.15) is 5.52 Å². The molecule has 0 saturated carbocycles. The van der Waals surface area contributed by atoms with Gasteiger partial charge in [0.2, 0.25) is 0 Å². The van der Waals surface area contributed by atoms with E-state index in [2.05, 4.69) is 0 Å². The molecule has 0 bridgehead atoms. The molecular formula is C17H14N2O3. The van der Waals surface area contributed by atoms with Gasteiger partial charge in [-0.2, -0.15) is 0 Å². The van der Waals surface area contributed by atoms with Crippen molar-refractivity contribution in [2.45, 2.75) is 13.8 Å². The number of hydrogen-bond donors (Lipinski definition) is 0. The summed E-state index contributed by atoms with van der Waals surface area (Å²) in [5.74, 6) is -0.457. The van der Waals surface area contributed by atoms with E-state index in [1.807, 2.05) is 0 Å². The fraction of sp³-hybridized carbons (Fsp3) is 0.118. The fourth-order valence-corrected chi connectivity index (χ4v) is 2.59. The lowest BCUT2D eigenvalue weighted by Gasteiger charge is -2.17. The van der Waals surface area contributed by atoms with E-state index < -0.39 is 5.78 Å². The molecule has 0 fully saturated rings. The second kappa shape index (κ2) is 5.11. The Kier molecular flexibility index (Phi) is 3.25. The molecule has 5 nitrogen and oxygen atoms in total. The van der Waals surface area contributed by atoms with Gasteiger partial charge in [-0.3, -0.25) is 4.79 Å². The molecule has 0 spiro atoms. The van der Waals surface area contributed by atoms with Crippen molar-refractivity contribution in [1.82, 2.24) is 4.73 Å². The first-order valence-corrected chi connectivity index (χ1v) is 6.87. The predicted octanol–water partition coefficient (Wildman–Crippen LogP) is 2.75. The summed E-state index contributed by atoms with van der Waals surface area (Å²) in [6, 6.07) is 13.5. The molecule has 1 heterocycles. The average Bonchev–Trinajstić information content (AvgIpc) is 2.53. The van der Waals surface area contributed by atoms with Crippen molar-refractivity contribution in [2.24, 2.45) is 0 Å². The molecule has 5 heteroatoms. The molecule has 0 aliphatic heterocycles. The number of rotatable bonds is 2. The summed E-state index contributed by atoms with van der Waals surface area (Å²) in [7, 11) is 0. The van der Waals surface area contributed by atoms with Crippen LogP contribution in [0.4, 0.5) is 0 Å². The van der Waals surface area contributed by atoms with Crippen LogP contribution in [0.25, 0.3) is 11.0 Å². The van der Waals surface area contributed by atoms with Gasteiger partial charge in [-0.1, -0.05) is 42.5 Å². The third-order valence-corrected chi connectivity index (χ3v) is 3.74. The third-order valence-electron chi connectivity index (χ3n) is 3.74. The largest absolute Gasteiger partial charge is 0.805 e. The van der Waals surface area contributed by atoms with Crippen molar-refractivity contribution in [3.05, 3.63) is 81.2 Å². The molecule has 0 aliphatic rings. The fourth-order valence-electron chi connectivity index (χ4n) is 2.59. The summed E-state index contributed by atoms with van der Waals surface area (Å²) in [6.45, 7) is 3.25. The Bertz CT molecular complexity index is 944. The molecule has 0 amide bonds. The zero-order valence-electron chi connectivity index (χ0n) is 12.2. The number of nitrogens with zero attached hydrogens (tertiary/aromatic N) is 2. The first-order valence-electron chi connectivity index (χ1n) is 6.87. The Labute approximate surface area is 126 Å². The normalized spacial score (nSPS) is 10.8. The number of carbonyl (C=O) groups is 1. The summed E-state index contributed by atoms with van der Waals surface area (Å²) in [5, 5.41) is 12.5. The number of carbonyl (C=O) groups excluding carboxylic acids is 1. The van der Waals surface area contributed by atoms with E-state index in [1.165, 1.54) is 6.92 Å². The topological polar surface area (TPSA) is 68.0 Å². The molecular weight excluding hydrogens is 280 g/mol. The van der Waals surface area contributed by atoms with Crippen molar-refractivity contribution < 1.29 is 9.22 Å². The number of ketones is 1. The molecule has 0 aliphatic carbocycles. The first-order chi connectivity index (χ1) is 10.5. The second-order valence-corrected chi connectivity index (χ2v) is 5.16. The van der Waals surface area contributed by atoms with E-state index in [4.69, 9.17) is 0 Å². The van der Waals surface area contributed by atoms with Crippen LogP contribution in [-0.2, 0) is 0 Å². The van der Waals surface area contributed by atoms with Crippen molar-refractivity contribution in [2.75, 3.05) is 0 Å². The Morgan fingerprint density at radius 2 is 1.73 bits per heavy atom. The molecule has 3 aromatic rings. The highest BCUT2D eigenvalue weighted by atomic mass is 16.5. The molecule has 2 aromatic carbocycles. The molecule has 22 heavy (non-hydrogen) atoms. The highest BCUT2D eigenvalue weighted by molar-refractivity contribution is 6.07. The van der Waals surface area contributed by atoms with E-state index in [0.717, 1.165) is 0 Å². The van der Waals surface area contributed by atoms with Crippen LogP contribution < -0.4 is 4.43 Å². The highest BCUT2D eigenvalue weighted by Crippen LogP contribution is 2.19. The van der Waals surface area contributed by atoms with E-state index in [9.17, 15) is 14.9 Å². The van der Waals surface area contributed by atoms with Gasteiger partial charge in [-0.05, 0) is 19.4 Å². The van der Waals surface area contributed by atoms with Crippen LogP contribution >= 0.6 is 0 Å². The van der Waals surface area contributed by atoms with Crippen molar-refractivity contribution >= 4 is 16.8 Å². The van der Waals surface area contributed by atoms with Gasteiger partial charge < -0.3 is 9.94 Å². The van der Waals surface area contributed by atoms with Crippen LogP contribution in [0.5, 0.6) is 0 Å². The minimum Gasteiger partial charge on any atom is -0.805 e. The maximum atomic E-state index is 12.6. The Hall–Kier alpha value is -2.95. The van der Waals surface area contributed by atoms with Crippen LogP contribution in [0.15, 0.2) is 48.5 Å². The predicted molar refractivity (Wildman–Crippen MR) is 83.4 cm³/mol. The number of benzene rings is 2. The summed E-state index contributed by atoms with van der Waals surface area (Å²) in [6.07, 6.45) is 0. The SMILES string of the molecule is Cc1cccc2c1n([O-])c(C)c(C(=O)c1ccccc1)[n+]2=O. The van der Waals surface area contributed by atoms with Gasteiger partial charge in [0.15, 0.2) is 0 Å². The summed E-state index contributed by atoms with van der Waals surface area (Å²) in [5.41, 5.74) is 1.52. The number of para-hydroxylation sites is 1. The molecule has 0 N–H and O–H groups in total. The van der Waals surface area contributed by atoms with Gasteiger partial charge in [-0.25, -0.2) is 0 Å². The smallest absolute Gasteiger partial charge is 0.329 e. The van der Waals surface area contributed by atoms with Gasteiger partial charge in [0.05, 0.1) is 10.1 Å². The maximum Gasteiger partial charge on any atom is 0.329 e. The summed E-state index contributed by atoms with van der Waals surface area (Å²) in [4.78, 5) is 25.2. The molecule has 3 rings (SSSR count). The van der Waals surface area contributed by atoms with Gasteiger partial charge in [0, 0.05) is 16.5 Å². The second-order valence-electron chi connectivity index (χ2n) is 5.16. The number of hydrogen-bond acceptors (Lipinski definition) is 3. The lowest BCUT2D eigenvalue weighted by atomic mass is 10.1. The standard InChI is InChI=1S/C17H14N2O3/c1-11-7-6-10-14-15(11)18(21)12(2)16(19(14)22)17(20)13-8-4-3-5-9-13/h3-10H,1-2H3. The molecule has 0 unspecified atom stereocenters. The number of aromatic nitrogens is 2. The van der Waals surface area contributed by atoms with Crippen LogP contribution in [0.3, 0.4) is 0 Å². The van der Waals surface area contributed by atoms with Crippen LogP contribution in [0.2, 0.25) is 0 Å². The zero-order valence-corrected chi connectivity index (χ0v) is 12.2. The molecule has 0 saturated heterocycles. The van der Waals surface area contributed by atoms with Gasteiger partial charge >= 0.3 is 5.69 Å². The highest BCUT2D eigenvalue weighted by Gasteiger charge is 2.28. The Balaban J connectivity index is 2.37. The minimum atomic E-state index is -0.457. The van der Waals surface area contributed by atoms with E-state index in [-0.39, 0.29) is 16.9 Å². The minimum absolute atomic E-state index is 0.102. The molecule has 0 atom stereocenters. The third kappa shape index (κ3) is 1.98. The Morgan fingerprint density at radius 1 is 1.05 bits per heavy atom. The summed E-state index contributed by atoms with van der Waals surface area (Å²) < 4.78 is 1.22. The monoisotopic (exact) mass is 294 g/mol. The van der Waals surface area contributed by atoms with E-state index in [0.29, 0.717) is 25.8 Å². The lowest BCUT2D eigenvalue weighted by molar-refractivity contribution is -0.468. The Morgan fingerprint density at radius 3 is 2.41 bits per heavy atom. The molecule has 110 valence electrons. The maximum absolute atomic E-state index is 12.6. The van der Waals surface area contributed by atoms with E-state index >= 15 is 0 Å². The number of fused-ring (bicyclic) bond motifs is 1. The van der Waals surface area contributed by atoms with Crippen molar-refractivity contribution in [3.63, 3.8) is 0 Å². The van der Waals surface area contributed by atoms with Gasteiger partial charge in [-0.15, -0.1) is 0 Å². The first kappa shape index (κ1) is 14.0. The summed E-state index contributed by atoms with van der Waals surface area (Å²) >= 11 is 0. The van der Waals surface area contributed by atoms with E-state index in [1.54, 1.807) is 55.5 Å².